The fourth-order valence-electron chi connectivity index (χ4n) is 3.16. The minimum absolute atomic E-state index is 0.0267. The summed E-state index contributed by atoms with van der Waals surface area (Å²) in [6.45, 7) is 5.25. The fourth-order valence-corrected chi connectivity index (χ4v) is 3.16. The molecule has 2 heterocycles. The van der Waals surface area contributed by atoms with Gasteiger partial charge in [-0.1, -0.05) is 6.92 Å². The van der Waals surface area contributed by atoms with E-state index in [4.69, 9.17) is 9.47 Å². The van der Waals surface area contributed by atoms with Gasteiger partial charge in [0.2, 0.25) is 5.91 Å². The molecule has 1 aromatic carbocycles. The summed E-state index contributed by atoms with van der Waals surface area (Å²) in [7, 11) is 0. The fraction of sp³-hybridized carbons (Fsp3) is 0.556. The van der Waals surface area contributed by atoms with E-state index in [1.165, 1.54) is 0 Å². The highest BCUT2D eigenvalue weighted by atomic mass is 19.1. The summed E-state index contributed by atoms with van der Waals surface area (Å²) in [5.74, 6) is -1.64. The van der Waals surface area contributed by atoms with Gasteiger partial charge in [-0.3, -0.25) is 9.69 Å². The van der Waals surface area contributed by atoms with E-state index in [-0.39, 0.29) is 36.5 Å². The molecule has 2 aliphatic heterocycles. The number of hydrogen-bond donors (Lipinski definition) is 1. The lowest BCUT2D eigenvalue weighted by Gasteiger charge is -2.40. The molecule has 2 amide bonds. The Bertz CT molecular complexity index is 702. The Kier molecular flexibility index (Phi) is 5.79. The number of ether oxygens (including phenoxy) is 2. The number of benzene rings is 1. The zero-order valence-corrected chi connectivity index (χ0v) is 15.3. The topological polar surface area (TPSA) is 71.1 Å². The minimum atomic E-state index is -0.740. The van der Waals surface area contributed by atoms with E-state index in [9.17, 15) is 18.4 Å². The van der Waals surface area contributed by atoms with Crippen molar-refractivity contribution in [1.82, 2.24) is 5.32 Å². The summed E-state index contributed by atoms with van der Waals surface area (Å²) < 4.78 is 39.6. The van der Waals surface area contributed by atoms with Crippen LogP contribution in [0.3, 0.4) is 0 Å². The SMILES string of the molecule is CCOC1CN(c2c(F)cc(N3C[C@H](CNC(=O)CC)OC3=O)cc2F)C1. The summed E-state index contributed by atoms with van der Waals surface area (Å²) >= 11 is 0. The molecule has 0 aliphatic carbocycles. The molecule has 1 aromatic rings. The molecule has 148 valence electrons. The Labute approximate surface area is 156 Å². The van der Waals surface area contributed by atoms with Gasteiger partial charge in [-0.25, -0.2) is 13.6 Å². The summed E-state index contributed by atoms with van der Waals surface area (Å²) in [6.07, 6.45) is -0.969. The standard InChI is InChI=1S/C18H23F2N3O4/c1-3-16(24)21-7-12-10-23(18(25)27-12)11-5-14(19)17(15(20)6-11)22-8-13(9-22)26-4-2/h5-6,12-13H,3-4,7-10H2,1-2H3,(H,21,24)/t12-/m0/s1. The molecule has 0 radical (unpaired) electrons. The third-order valence-electron chi connectivity index (χ3n) is 4.60. The second kappa shape index (κ2) is 8.08. The molecule has 3 rings (SSSR count). The number of cyclic esters (lactones) is 1. The first-order valence-corrected chi connectivity index (χ1v) is 9.03. The Hall–Kier alpha value is -2.42. The Morgan fingerprint density at radius 2 is 1.93 bits per heavy atom. The summed E-state index contributed by atoms with van der Waals surface area (Å²) in [5.41, 5.74) is -0.0287. The van der Waals surface area contributed by atoms with Gasteiger partial charge >= 0.3 is 6.09 Å². The molecule has 0 unspecified atom stereocenters. The van der Waals surface area contributed by atoms with Gasteiger partial charge < -0.3 is 19.7 Å². The summed E-state index contributed by atoms with van der Waals surface area (Å²) in [6, 6.07) is 2.25. The Balaban J connectivity index is 1.67. The van der Waals surface area contributed by atoms with Crippen LogP contribution in [-0.4, -0.2) is 57.0 Å². The average Bonchev–Trinajstić information content (AvgIpc) is 2.97. The van der Waals surface area contributed by atoms with E-state index in [1.54, 1.807) is 11.8 Å². The number of rotatable bonds is 7. The van der Waals surface area contributed by atoms with Crippen LogP contribution in [0, 0.1) is 11.6 Å². The highest BCUT2D eigenvalue weighted by Gasteiger charge is 2.35. The maximum Gasteiger partial charge on any atom is 0.414 e. The van der Waals surface area contributed by atoms with E-state index < -0.39 is 23.8 Å². The van der Waals surface area contributed by atoms with Crippen LogP contribution in [0.4, 0.5) is 25.0 Å². The predicted octanol–water partition coefficient (Wildman–Crippen LogP) is 2.04. The van der Waals surface area contributed by atoms with E-state index in [2.05, 4.69) is 5.32 Å². The third-order valence-corrected chi connectivity index (χ3v) is 4.60. The van der Waals surface area contributed by atoms with Crippen molar-refractivity contribution in [2.45, 2.75) is 32.5 Å². The van der Waals surface area contributed by atoms with E-state index in [0.29, 0.717) is 26.1 Å². The van der Waals surface area contributed by atoms with Gasteiger partial charge in [-0.15, -0.1) is 0 Å². The molecule has 7 nitrogen and oxygen atoms in total. The van der Waals surface area contributed by atoms with Crippen molar-refractivity contribution in [3.8, 4) is 0 Å². The lowest BCUT2D eigenvalue weighted by Crippen LogP contribution is -2.53. The maximum atomic E-state index is 14.5. The lowest BCUT2D eigenvalue weighted by molar-refractivity contribution is -0.121. The number of anilines is 2. The number of carbonyl (C=O) groups is 2. The van der Waals surface area contributed by atoms with Crippen LogP contribution >= 0.6 is 0 Å². The van der Waals surface area contributed by atoms with Gasteiger partial charge in [0.15, 0.2) is 11.6 Å². The Morgan fingerprint density at radius 3 is 2.52 bits per heavy atom. The monoisotopic (exact) mass is 383 g/mol. The first-order chi connectivity index (χ1) is 12.9. The second-order valence-corrected chi connectivity index (χ2v) is 6.51. The average molecular weight is 383 g/mol. The van der Waals surface area contributed by atoms with Crippen LogP contribution in [0.25, 0.3) is 0 Å². The lowest BCUT2D eigenvalue weighted by atomic mass is 10.1. The van der Waals surface area contributed by atoms with Crippen LogP contribution in [0.2, 0.25) is 0 Å². The van der Waals surface area contributed by atoms with E-state index in [1.807, 2.05) is 6.92 Å². The zero-order chi connectivity index (χ0) is 19.6. The summed E-state index contributed by atoms with van der Waals surface area (Å²) in [5, 5.41) is 2.63. The zero-order valence-electron chi connectivity index (χ0n) is 15.3. The van der Waals surface area contributed by atoms with Crippen LogP contribution in [-0.2, 0) is 14.3 Å². The van der Waals surface area contributed by atoms with Gasteiger partial charge in [0.05, 0.1) is 24.9 Å². The van der Waals surface area contributed by atoms with Crippen molar-refractivity contribution in [1.29, 1.82) is 0 Å². The largest absolute Gasteiger partial charge is 0.442 e. The molecule has 9 heteroatoms. The molecule has 27 heavy (non-hydrogen) atoms. The van der Waals surface area contributed by atoms with E-state index in [0.717, 1.165) is 17.0 Å². The van der Waals surface area contributed by atoms with Crippen molar-refractivity contribution in [3.63, 3.8) is 0 Å². The maximum absolute atomic E-state index is 14.5. The molecule has 2 fully saturated rings. The van der Waals surface area contributed by atoms with Crippen LogP contribution < -0.4 is 15.1 Å². The quantitative estimate of drug-likeness (QED) is 0.780. The first kappa shape index (κ1) is 19.3. The van der Waals surface area contributed by atoms with Crippen molar-refractivity contribution in [2.75, 3.05) is 42.6 Å². The normalized spacial score (nSPS) is 19.9. The van der Waals surface area contributed by atoms with Crippen LogP contribution in [0.1, 0.15) is 20.3 Å². The first-order valence-electron chi connectivity index (χ1n) is 9.03. The molecule has 2 aliphatic rings. The summed E-state index contributed by atoms with van der Waals surface area (Å²) in [4.78, 5) is 26.1. The van der Waals surface area contributed by atoms with Gasteiger partial charge in [-0.2, -0.15) is 0 Å². The van der Waals surface area contributed by atoms with Crippen LogP contribution in [0.15, 0.2) is 12.1 Å². The number of carbonyl (C=O) groups excluding carboxylic acids is 2. The van der Waals surface area contributed by atoms with Crippen LogP contribution in [0.5, 0.6) is 0 Å². The molecule has 0 saturated carbocycles. The second-order valence-electron chi connectivity index (χ2n) is 6.51. The predicted molar refractivity (Wildman–Crippen MR) is 94.9 cm³/mol. The van der Waals surface area contributed by atoms with Crippen molar-refractivity contribution in [3.05, 3.63) is 23.8 Å². The number of amides is 2. The molecular weight excluding hydrogens is 360 g/mol. The highest BCUT2D eigenvalue weighted by molar-refractivity contribution is 5.90. The molecule has 1 N–H and O–H groups in total. The molecule has 0 spiro atoms. The number of nitrogens with one attached hydrogen (secondary N) is 1. The van der Waals surface area contributed by atoms with Gasteiger partial charge in [0.1, 0.15) is 11.8 Å². The van der Waals surface area contributed by atoms with Gasteiger partial charge in [0, 0.05) is 38.2 Å². The van der Waals surface area contributed by atoms with Crippen molar-refractivity contribution < 1.29 is 27.8 Å². The van der Waals surface area contributed by atoms with E-state index >= 15 is 0 Å². The minimum Gasteiger partial charge on any atom is -0.442 e. The number of nitrogens with zero attached hydrogens (tertiary/aromatic N) is 2. The smallest absolute Gasteiger partial charge is 0.414 e. The highest BCUT2D eigenvalue weighted by Crippen LogP contribution is 2.33. The van der Waals surface area contributed by atoms with Gasteiger partial charge in [-0.05, 0) is 6.92 Å². The number of hydrogen-bond acceptors (Lipinski definition) is 5. The molecule has 0 bridgehead atoms. The third kappa shape index (κ3) is 4.13. The Morgan fingerprint density at radius 1 is 1.26 bits per heavy atom. The molecule has 0 aromatic heterocycles. The molecular formula is C18H23F2N3O4. The van der Waals surface area contributed by atoms with Crippen molar-refractivity contribution >= 4 is 23.4 Å². The van der Waals surface area contributed by atoms with Gasteiger partial charge in [0.25, 0.3) is 0 Å². The molecule has 2 saturated heterocycles. The number of halogens is 2. The molecule has 1 atom stereocenters. The van der Waals surface area contributed by atoms with Crippen molar-refractivity contribution in [2.24, 2.45) is 0 Å².